The van der Waals surface area contributed by atoms with E-state index in [1.807, 2.05) is 18.5 Å². The van der Waals surface area contributed by atoms with Crippen LogP contribution in [-0.2, 0) is 13.1 Å². The van der Waals surface area contributed by atoms with Gasteiger partial charge < -0.3 is 10.3 Å². The molecule has 0 saturated carbocycles. The minimum atomic E-state index is -0.208. The van der Waals surface area contributed by atoms with Gasteiger partial charge in [-0.2, -0.15) is 5.10 Å². The second-order valence-electron chi connectivity index (χ2n) is 4.22. The van der Waals surface area contributed by atoms with Crippen molar-refractivity contribution in [1.82, 2.24) is 14.3 Å². The van der Waals surface area contributed by atoms with Crippen molar-refractivity contribution in [2.24, 2.45) is 0 Å². The SMILES string of the molecule is Nc1ccn(CCn2ccc3cc(F)ccc32)n1. The number of anilines is 1. The number of rotatable bonds is 3. The Labute approximate surface area is 103 Å². The Balaban J connectivity index is 1.82. The largest absolute Gasteiger partial charge is 0.382 e. The summed E-state index contributed by atoms with van der Waals surface area (Å²) < 4.78 is 16.9. The van der Waals surface area contributed by atoms with Crippen LogP contribution in [0.5, 0.6) is 0 Å². The predicted molar refractivity (Wildman–Crippen MR) is 68.5 cm³/mol. The van der Waals surface area contributed by atoms with Crippen LogP contribution in [0.1, 0.15) is 0 Å². The summed E-state index contributed by atoms with van der Waals surface area (Å²) in [6, 6.07) is 8.49. The van der Waals surface area contributed by atoms with Crippen molar-refractivity contribution in [3.63, 3.8) is 0 Å². The molecule has 0 atom stereocenters. The fourth-order valence-electron chi connectivity index (χ4n) is 2.08. The van der Waals surface area contributed by atoms with Crippen molar-refractivity contribution >= 4 is 16.7 Å². The van der Waals surface area contributed by atoms with Crippen LogP contribution in [0.3, 0.4) is 0 Å². The number of nitrogens with two attached hydrogens (primary N) is 1. The maximum absolute atomic E-state index is 13.1. The smallest absolute Gasteiger partial charge is 0.145 e. The third-order valence-corrected chi connectivity index (χ3v) is 2.96. The van der Waals surface area contributed by atoms with Gasteiger partial charge in [0.15, 0.2) is 0 Å². The second kappa shape index (κ2) is 4.18. The summed E-state index contributed by atoms with van der Waals surface area (Å²) in [6.07, 6.45) is 3.80. The highest BCUT2D eigenvalue weighted by Gasteiger charge is 2.02. The molecule has 4 nitrogen and oxygen atoms in total. The van der Waals surface area contributed by atoms with Gasteiger partial charge in [0.25, 0.3) is 0 Å². The van der Waals surface area contributed by atoms with Crippen LogP contribution in [0.4, 0.5) is 10.2 Å². The lowest BCUT2D eigenvalue weighted by Gasteiger charge is -2.05. The normalized spacial score (nSPS) is 11.2. The van der Waals surface area contributed by atoms with E-state index in [0.717, 1.165) is 24.0 Å². The van der Waals surface area contributed by atoms with E-state index in [1.54, 1.807) is 16.8 Å². The summed E-state index contributed by atoms with van der Waals surface area (Å²) in [6.45, 7) is 1.51. The van der Waals surface area contributed by atoms with E-state index >= 15 is 0 Å². The van der Waals surface area contributed by atoms with Crippen molar-refractivity contribution < 1.29 is 4.39 Å². The van der Waals surface area contributed by atoms with Gasteiger partial charge in [0, 0.05) is 29.8 Å². The Morgan fingerprint density at radius 3 is 2.78 bits per heavy atom. The number of fused-ring (bicyclic) bond motifs is 1. The number of hydrogen-bond acceptors (Lipinski definition) is 2. The van der Waals surface area contributed by atoms with Crippen LogP contribution in [0, 0.1) is 5.82 Å². The lowest BCUT2D eigenvalue weighted by Crippen LogP contribution is -2.07. The van der Waals surface area contributed by atoms with Gasteiger partial charge in [0.05, 0.1) is 6.54 Å². The maximum atomic E-state index is 13.1. The number of benzene rings is 1. The molecule has 2 aromatic heterocycles. The first kappa shape index (κ1) is 10.8. The van der Waals surface area contributed by atoms with Gasteiger partial charge in [-0.05, 0) is 30.3 Å². The third kappa shape index (κ3) is 1.95. The molecular formula is C13H13FN4. The zero-order chi connectivity index (χ0) is 12.5. The van der Waals surface area contributed by atoms with E-state index in [0.29, 0.717) is 5.82 Å². The number of nitrogen functional groups attached to an aromatic ring is 1. The minimum Gasteiger partial charge on any atom is -0.382 e. The first-order valence-corrected chi connectivity index (χ1v) is 5.76. The number of nitrogens with zero attached hydrogens (tertiary/aromatic N) is 3. The molecule has 5 heteroatoms. The number of hydrogen-bond donors (Lipinski definition) is 1. The summed E-state index contributed by atoms with van der Waals surface area (Å²) in [5.74, 6) is 0.314. The first-order valence-electron chi connectivity index (χ1n) is 5.76. The molecule has 92 valence electrons. The van der Waals surface area contributed by atoms with E-state index in [1.165, 1.54) is 12.1 Å². The van der Waals surface area contributed by atoms with E-state index in [-0.39, 0.29) is 5.82 Å². The zero-order valence-electron chi connectivity index (χ0n) is 9.75. The summed E-state index contributed by atoms with van der Waals surface area (Å²) in [5.41, 5.74) is 6.58. The molecule has 2 N–H and O–H groups in total. The Kier molecular flexibility index (Phi) is 2.51. The monoisotopic (exact) mass is 244 g/mol. The van der Waals surface area contributed by atoms with E-state index in [4.69, 9.17) is 5.73 Å². The molecule has 18 heavy (non-hydrogen) atoms. The van der Waals surface area contributed by atoms with Crippen LogP contribution >= 0.6 is 0 Å². The highest BCUT2D eigenvalue weighted by atomic mass is 19.1. The number of aryl methyl sites for hydroxylation is 2. The zero-order valence-corrected chi connectivity index (χ0v) is 9.75. The molecular weight excluding hydrogens is 231 g/mol. The molecule has 0 fully saturated rings. The van der Waals surface area contributed by atoms with E-state index in [9.17, 15) is 4.39 Å². The van der Waals surface area contributed by atoms with Crippen LogP contribution in [-0.4, -0.2) is 14.3 Å². The molecule has 0 saturated heterocycles. The highest BCUT2D eigenvalue weighted by Crippen LogP contribution is 2.17. The van der Waals surface area contributed by atoms with Crippen LogP contribution in [0.15, 0.2) is 42.7 Å². The predicted octanol–water partition coefficient (Wildman–Crippen LogP) is 2.26. The Morgan fingerprint density at radius 2 is 2.00 bits per heavy atom. The molecule has 0 bridgehead atoms. The molecule has 3 rings (SSSR count). The molecule has 3 aromatic rings. The molecule has 0 aliphatic rings. The average molecular weight is 244 g/mol. The van der Waals surface area contributed by atoms with Gasteiger partial charge in [0.1, 0.15) is 11.6 Å². The quantitative estimate of drug-likeness (QED) is 0.768. The summed E-state index contributed by atoms with van der Waals surface area (Å²) in [4.78, 5) is 0. The fraction of sp³-hybridized carbons (Fsp3) is 0.154. The molecule has 2 heterocycles. The van der Waals surface area contributed by atoms with Crippen molar-refractivity contribution in [3.8, 4) is 0 Å². The second-order valence-corrected chi connectivity index (χ2v) is 4.22. The molecule has 0 amide bonds. The first-order chi connectivity index (χ1) is 8.72. The van der Waals surface area contributed by atoms with Gasteiger partial charge in [-0.1, -0.05) is 0 Å². The molecule has 0 aliphatic carbocycles. The Hall–Kier alpha value is -2.30. The number of aromatic nitrogens is 3. The highest BCUT2D eigenvalue weighted by molar-refractivity contribution is 5.80. The van der Waals surface area contributed by atoms with E-state index < -0.39 is 0 Å². The lowest BCUT2D eigenvalue weighted by molar-refractivity contribution is 0.544. The molecule has 0 aliphatic heterocycles. The molecule has 1 aromatic carbocycles. The minimum absolute atomic E-state index is 0.208. The average Bonchev–Trinajstić information content (AvgIpc) is 2.92. The molecule has 0 radical (unpaired) electrons. The van der Waals surface area contributed by atoms with Crippen molar-refractivity contribution in [2.75, 3.05) is 5.73 Å². The van der Waals surface area contributed by atoms with Crippen LogP contribution < -0.4 is 5.73 Å². The Bertz CT molecular complexity index is 683. The summed E-state index contributed by atoms with van der Waals surface area (Å²) >= 11 is 0. The third-order valence-electron chi connectivity index (χ3n) is 2.96. The summed E-state index contributed by atoms with van der Waals surface area (Å²) in [7, 11) is 0. The van der Waals surface area contributed by atoms with Crippen molar-refractivity contribution in [3.05, 3.63) is 48.5 Å². The van der Waals surface area contributed by atoms with Gasteiger partial charge in [0.2, 0.25) is 0 Å². The molecule has 0 spiro atoms. The van der Waals surface area contributed by atoms with Gasteiger partial charge in [-0.25, -0.2) is 4.39 Å². The van der Waals surface area contributed by atoms with Gasteiger partial charge >= 0.3 is 0 Å². The number of halogens is 1. The van der Waals surface area contributed by atoms with Gasteiger partial charge in [-0.15, -0.1) is 0 Å². The topological polar surface area (TPSA) is 48.8 Å². The standard InChI is InChI=1S/C13H13FN4/c14-11-1-2-12-10(9-11)3-5-17(12)7-8-18-6-4-13(15)16-18/h1-6,9H,7-8H2,(H2,15,16). The molecule has 0 unspecified atom stereocenters. The van der Waals surface area contributed by atoms with Gasteiger partial charge in [-0.3, -0.25) is 4.68 Å². The van der Waals surface area contributed by atoms with Crippen LogP contribution in [0.25, 0.3) is 10.9 Å². The van der Waals surface area contributed by atoms with Crippen molar-refractivity contribution in [2.45, 2.75) is 13.1 Å². The fourth-order valence-corrected chi connectivity index (χ4v) is 2.08. The van der Waals surface area contributed by atoms with Crippen LogP contribution in [0.2, 0.25) is 0 Å². The Morgan fingerprint density at radius 1 is 1.11 bits per heavy atom. The van der Waals surface area contributed by atoms with Crippen molar-refractivity contribution in [1.29, 1.82) is 0 Å². The maximum Gasteiger partial charge on any atom is 0.145 e. The lowest BCUT2D eigenvalue weighted by atomic mass is 10.2. The van der Waals surface area contributed by atoms with E-state index in [2.05, 4.69) is 9.67 Å². The summed E-state index contributed by atoms with van der Waals surface area (Å²) in [5, 5.41) is 5.04.